The van der Waals surface area contributed by atoms with Crippen molar-refractivity contribution in [3.05, 3.63) is 64.7 Å². The van der Waals surface area contributed by atoms with E-state index in [0.717, 1.165) is 0 Å². The number of benzene rings is 2. The molecule has 0 unspecified atom stereocenters. The van der Waals surface area contributed by atoms with Crippen LogP contribution in [0.4, 0.5) is 23.7 Å². The molecular formula is C22H21F3N4O3S. The largest absolute Gasteiger partial charge is 0.497 e. The zero-order chi connectivity index (χ0) is 23.6. The maximum Gasteiger partial charge on any atom is 0.387 e. The van der Waals surface area contributed by atoms with E-state index in [1.165, 1.54) is 54.1 Å². The molecule has 3 aromatic rings. The fourth-order valence-corrected chi connectivity index (χ4v) is 4.67. The SMILES string of the molecule is COc1ccc(OC(F)F)c(NC(=O)N2CC[C@](c3ccc(C)c(F)c3)(c3ncns3)C2)c1. The second kappa shape index (κ2) is 9.26. The van der Waals surface area contributed by atoms with Gasteiger partial charge in [0.1, 0.15) is 28.7 Å². The minimum atomic E-state index is -3.05. The highest BCUT2D eigenvalue weighted by atomic mass is 32.1. The molecule has 1 fully saturated rings. The van der Waals surface area contributed by atoms with Crippen LogP contribution in [0.25, 0.3) is 0 Å². The molecule has 0 saturated carbocycles. The molecule has 1 N–H and O–H groups in total. The van der Waals surface area contributed by atoms with Crippen LogP contribution in [0.15, 0.2) is 42.7 Å². The lowest BCUT2D eigenvalue weighted by Gasteiger charge is -2.28. The lowest BCUT2D eigenvalue weighted by atomic mass is 9.80. The first-order valence-corrected chi connectivity index (χ1v) is 10.8. The number of aromatic nitrogens is 2. The maximum atomic E-state index is 14.4. The van der Waals surface area contributed by atoms with Crippen LogP contribution in [-0.2, 0) is 5.41 Å². The lowest BCUT2D eigenvalue weighted by molar-refractivity contribution is -0.0493. The van der Waals surface area contributed by atoms with Gasteiger partial charge in [-0.3, -0.25) is 0 Å². The van der Waals surface area contributed by atoms with Crippen molar-refractivity contribution in [2.24, 2.45) is 0 Å². The molecule has 1 aliphatic heterocycles. The number of urea groups is 1. The van der Waals surface area contributed by atoms with Gasteiger partial charge in [0, 0.05) is 19.2 Å². The van der Waals surface area contributed by atoms with Gasteiger partial charge in [-0.15, -0.1) is 0 Å². The van der Waals surface area contributed by atoms with Crippen molar-refractivity contribution in [2.45, 2.75) is 25.4 Å². The molecule has 0 aliphatic carbocycles. The molecule has 1 saturated heterocycles. The van der Waals surface area contributed by atoms with Crippen LogP contribution in [0.3, 0.4) is 0 Å². The molecule has 0 radical (unpaired) electrons. The number of nitrogens with zero attached hydrogens (tertiary/aromatic N) is 3. The minimum absolute atomic E-state index is 0.0504. The van der Waals surface area contributed by atoms with Gasteiger partial charge in [0.25, 0.3) is 0 Å². The van der Waals surface area contributed by atoms with Gasteiger partial charge in [0.15, 0.2) is 0 Å². The summed E-state index contributed by atoms with van der Waals surface area (Å²) < 4.78 is 53.8. The Bertz CT molecular complexity index is 1150. The average Bonchev–Trinajstić information content (AvgIpc) is 3.47. The average molecular weight is 478 g/mol. The molecular weight excluding hydrogens is 457 g/mol. The summed E-state index contributed by atoms with van der Waals surface area (Å²) in [5.74, 6) is -0.162. The number of aryl methyl sites for hydroxylation is 1. The number of hydrogen-bond acceptors (Lipinski definition) is 6. The van der Waals surface area contributed by atoms with Crippen molar-refractivity contribution in [1.82, 2.24) is 14.3 Å². The standard InChI is InChI=1S/C22H21F3N4O3S/c1-13-3-4-14(9-16(13)23)22(19-26-12-27-33-19)7-8-29(11-22)21(30)28-17-10-15(31-2)5-6-18(17)32-20(24)25/h3-6,9-10,12,20H,7-8,11H2,1-2H3,(H,28,30)/t22-/m0/s1. The van der Waals surface area contributed by atoms with Gasteiger partial charge < -0.3 is 19.7 Å². The third kappa shape index (κ3) is 4.58. The first kappa shape index (κ1) is 22.8. The Morgan fingerprint density at radius 2 is 2.09 bits per heavy atom. The molecule has 0 bridgehead atoms. The molecule has 11 heteroatoms. The van der Waals surface area contributed by atoms with Crippen molar-refractivity contribution in [3.63, 3.8) is 0 Å². The monoisotopic (exact) mass is 478 g/mol. The van der Waals surface area contributed by atoms with Crippen molar-refractivity contribution < 1.29 is 27.4 Å². The summed E-state index contributed by atoms with van der Waals surface area (Å²) >= 11 is 1.19. The molecule has 2 amide bonds. The summed E-state index contributed by atoms with van der Waals surface area (Å²) in [7, 11) is 1.42. The van der Waals surface area contributed by atoms with Gasteiger partial charge in [-0.05, 0) is 54.2 Å². The van der Waals surface area contributed by atoms with Crippen LogP contribution in [0.5, 0.6) is 11.5 Å². The molecule has 1 aliphatic rings. The van der Waals surface area contributed by atoms with E-state index < -0.39 is 18.1 Å². The number of halogens is 3. The summed E-state index contributed by atoms with van der Waals surface area (Å²) in [4.78, 5) is 19.0. The van der Waals surface area contributed by atoms with Crippen LogP contribution >= 0.6 is 11.5 Å². The molecule has 4 rings (SSSR count). The van der Waals surface area contributed by atoms with Crippen LogP contribution < -0.4 is 14.8 Å². The fourth-order valence-electron chi connectivity index (χ4n) is 3.92. The molecule has 1 atom stereocenters. The highest BCUT2D eigenvalue weighted by Gasteiger charge is 2.45. The number of hydrogen-bond donors (Lipinski definition) is 1. The number of amides is 2. The fraction of sp³-hybridized carbons (Fsp3) is 0.318. The van der Waals surface area contributed by atoms with Gasteiger partial charge in [0.2, 0.25) is 0 Å². The summed E-state index contributed by atoms with van der Waals surface area (Å²) in [6.07, 6.45) is 1.93. The highest BCUT2D eigenvalue weighted by molar-refractivity contribution is 7.05. The maximum absolute atomic E-state index is 14.4. The van der Waals surface area contributed by atoms with Crippen LogP contribution in [0, 0.1) is 12.7 Å². The number of ether oxygens (including phenoxy) is 2. The third-order valence-electron chi connectivity index (χ3n) is 5.70. The van der Waals surface area contributed by atoms with E-state index in [1.807, 2.05) is 6.07 Å². The van der Waals surface area contributed by atoms with Gasteiger partial charge in [-0.1, -0.05) is 12.1 Å². The second-order valence-electron chi connectivity index (χ2n) is 7.63. The first-order chi connectivity index (χ1) is 15.8. The number of anilines is 1. The Hall–Kier alpha value is -3.34. The molecule has 0 spiro atoms. The van der Waals surface area contributed by atoms with E-state index in [4.69, 9.17) is 4.74 Å². The van der Waals surface area contributed by atoms with E-state index in [9.17, 15) is 18.0 Å². The Labute approximate surface area is 192 Å². The summed E-state index contributed by atoms with van der Waals surface area (Å²) in [5.41, 5.74) is 0.530. The van der Waals surface area contributed by atoms with E-state index in [1.54, 1.807) is 13.0 Å². The first-order valence-electron chi connectivity index (χ1n) is 10.0. The predicted octanol–water partition coefficient (Wildman–Crippen LogP) is 4.82. The zero-order valence-electron chi connectivity index (χ0n) is 17.8. The molecule has 1 aromatic heterocycles. The number of alkyl halides is 2. The van der Waals surface area contributed by atoms with Crippen LogP contribution in [0.2, 0.25) is 0 Å². The molecule has 174 valence electrons. The minimum Gasteiger partial charge on any atom is -0.497 e. The smallest absolute Gasteiger partial charge is 0.387 e. The van der Waals surface area contributed by atoms with Crippen molar-refractivity contribution in [1.29, 1.82) is 0 Å². The number of methoxy groups -OCH3 is 1. The van der Waals surface area contributed by atoms with Gasteiger partial charge in [-0.2, -0.15) is 13.2 Å². The summed E-state index contributed by atoms with van der Waals surface area (Å²) in [5, 5.41) is 3.30. The highest BCUT2D eigenvalue weighted by Crippen LogP contribution is 2.42. The predicted molar refractivity (Wildman–Crippen MR) is 117 cm³/mol. The number of carbonyl (C=O) groups is 1. The number of rotatable bonds is 6. The van der Waals surface area contributed by atoms with Crippen molar-refractivity contribution >= 4 is 23.3 Å². The van der Waals surface area contributed by atoms with Gasteiger partial charge >= 0.3 is 12.6 Å². The van der Waals surface area contributed by atoms with E-state index in [0.29, 0.717) is 34.8 Å². The topological polar surface area (TPSA) is 76.6 Å². The second-order valence-corrected chi connectivity index (χ2v) is 8.41. The normalized spacial score (nSPS) is 17.9. The van der Waals surface area contributed by atoms with Crippen LogP contribution in [0.1, 0.15) is 22.6 Å². The number of likely N-dealkylation sites (tertiary alicyclic amines) is 1. The Morgan fingerprint density at radius 1 is 1.27 bits per heavy atom. The number of nitrogens with one attached hydrogen (secondary N) is 1. The van der Waals surface area contributed by atoms with E-state index in [2.05, 4.69) is 19.4 Å². The van der Waals surface area contributed by atoms with Crippen molar-refractivity contribution in [2.75, 3.05) is 25.5 Å². The Balaban J connectivity index is 1.61. The lowest BCUT2D eigenvalue weighted by Crippen LogP contribution is -2.37. The summed E-state index contributed by atoms with van der Waals surface area (Å²) in [6.45, 7) is -0.818. The quantitative estimate of drug-likeness (QED) is 0.550. The molecule has 2 heterocycles. The summed E-state index contributed by atoms with van der Waals surface area (Å²) in [6, 6.07) is 8.63. The Kier molecular flexibility index (Phi) is 6.41. The zero-order valence-corrected chi connectivity index (χ0v) is 18.7. The molecule has 33 heavy (non-hydrogen) atoms. The van der Waals surface area contributed by atoms with Gasteiger partial charge in [0.05, 0.1) is 18.2 Å². The van der Waals surface area contributed by atoms with E-state index >= 15 is 0 Å². The van der Waals surface area contributed by atoms with E-state index in [-0.39, 0.29) is 23.8 Å². The third-order valence-corrected chi connectivity index (χ3v) is 6.56. The van der Waals surface area contributed by atoms with Gasteiger partial charge in [-0.25, -0.2) is 14.2 Å². The molecule has 7 nitrogen and oxygen atoms in total. The van der Waals surface area contributed by atoms with Crippen molar-refractivity contribution in [3.8, 4) is 11.5 Å². The number of carbonyl (C=O) groups excluding carboxylic acids is 1. The van der Waals surface area contributed by atoms with Crippen LogP contribution in [-0.4, -0.2) is 47.1 Å². The Morgan fingerprint density at radius 3 is 2.76 bits per heavy atom. The molecule has 2 aromatic carbocycles.